The van der Waals surface area contributed by atoms with E-state index in [1.54, 1.807) is 14.2 Å². The Morgan fingerprint density at radius 3 is 2.52 bits per heavy atom. The van der Waals surface area contributed by atoms with Crippen LogP contribution in [-0.4, -0.2) is 47.1 Å². The van der Waals surface area contributed by atoms with Gasteiger partial charge in [0.1, 0.15) is 12.4 Å². The number of benzene rings is 1. The summed E-state index contributed by atoms with van der Waals surface area (Å²) in [4.78, 5) is 0. The first-order chi connectivity index (χ1) is 10.3. The van der Waals surface area contributed by atoms with Gasteiger partial charge in [-0.05, 0) is 59.4 Å². The van der Waals surface area contributed by atoms with Crippen molar-refractivity contribution in [3.63, 3.8) is 0 Å². The average Bonchev–Trinajstić information content (AvgIpc) is 2.48. The monoisotopic (exact) mass is 359 g/mol. The Hall–Kier alpha value is -0.620. The van der Waals surface area contributed by atoms with Crippen LogP contribution in [0.5, 0.6) is 5.75 Å². The Morgan fingerprint density at radius 1 is 1.00 bits per heavy atom. The molecule has 0 spiro atoms. The molecule has 0 bridgehead atoms. The number of rotatable bonds is 12. The lowest BCUT2D eigenvalue weighted by atomic mass is 10.1. The van der Waals surface area contributed by atoms with Crippen LogP contribution in [0.15, 0.2) is 22.7 Å². The molecule has 21 heavy (non-hydrogen) atoms. The molecule has 120 valence electrons. The van der Waals surface area contributed by atoms with Gasteiger partial charge in [-0.15, -0.1) is 0 Å². The fourth-order valence-electron chi connectivity index (χ4n) is 1.93. The Bertz CT molecular complexity index is 388. The van der Waals surface area contributed by atoms with Crippen LogP contribution in [0.4, 0.5) is 0 Å². The maximum atomic E-state index is 5.62. The van der Waals surface area contributed by atoms with Crippen LogP contribution in [0.1, 0.15) is 18.4 Å². The van der Waals surface area contributed by atoms with E-state index in [1.807, 2.05) is 6.07 Å². The smallest absolute Gasteiger partial charge is 0.133 e. The van der Waals surface area contributed by atoms with E-state index < -0.39 is 0 Å². The van der Waals surface area contributed by atoms with Crippen LogP contribution in [0.25, 0.3) is 0 Å². The molecule has 0 radical (unpaired) electrons. The van der Waals surface area contributed by atoms with E-state index in [-0.39, 0.29) is 0 Å². The first kappa shape index (κ1) is 18.4. The molecule has 1 aromatic carbocycles. The van der Waals surface area contributed by atoms with Gasteiger partial charge in [-0.2, -0.15) is 0 Å². The number of aryl methyl sites for hydroxylation is 1. The van der Waals surface area contributed by atoms with Gasteiger partial charge in [0.2, 0.25) is 0 Å². The number of methoxy groups -OCH3 is 2. The zero-order chi connectivity index (χ0) is 15.3. The standard InChI is InChI=1S/C16H26BrNO3/c1-19-10-9-18-8-4-3-5-14-6-7-16(15(17)13-14)21-12-11-20-2/h6-7,13,18H,3-5,8-12H2,1-2H3. The zero-order valence-electron chi connectivity index (χ0n) is 13.0. The molecule has 0 atom stereocenters. The molecular formula is C16H26BrNO3. The molecule has 0 amide bonds. The molecular weight excluding hydrogens is 334 g/mol. The first-order valence-electron chi connectivity index (χ1n) is 7.37. The number of unbranched alkanes of at least 4 members (excludes halogenated alkanes) is 1. The Kier molecular flexibility index (Phi) is 10.5. The highest BCUT2D eigenvalue weighted by Gasteiger charge is 2.03. The highest BCUT2D eigenvalue weighted by atomic mass is 79.9. The lowest BCUT2D eigenvalue weighted by molar-refractivity contribution is 0.146. The summed E-state index contributed by atoms with van der Waals surface area (Å²) >= 11 is 3.56. The molecule has 4 nitrogen and oxygen atoms in total. The second-order valence-electron chi connectivity index (χ2n) is 4.81. The van der Waals surface area contributed by atoms with Gasteiger partial charge < -0.3 is 19.5 Å². The predicted molar refractivity (Wildman–Crippen MR) is 89.2 cm³/mol. The van der Waals surface area contributed by atoms with Crippen molar-refractivity contribution in [2.24, 2.45) is 0 Å². The van der Waals surface area contributed by atoms with Crippen LogP contribution < -0.4 is 10.1 Å². The first-order valence-corrected chi connectivity index (χ1v) is 8.17. The molecule has 0 unspecified atom stereocenters. The zero-order valence-corrected chi connectivity index (χ0v) is 14.6. The fraction of sp³-hybridized carbons (Fsp3) is 0.625. The van der Waals surface area contributed by atoms with E-state index in [0.717, 1.165) is 36.3 Å². The average molecular weight is 360 g/mol. The Balaban J connectivity index is 2.22. The minimum Gasteiger partial charge on any atom is -0.490 e. The number of hydrogen-bond acceptors (Lipinski definition) is 4. The summed E-state index contributed by atoms with van der Waals surface area (Å²) in [5.74, 6) is 0.872. The number of nitrogens with one attached hydrogen (secondary N) is 1. The van der Waals surface area contributed by atoms with E-state index in [4.69, 9.17) is 14.2 Å². The molecule has 0 saturated heterocycles. The Morgan fingerprint density at radius 2 is 1.81 bits per heavy atom. The highest BCUT2D eigenvalue weighted by molar-refractivity contribution is 9.10. The third-order valence-electron chi connectivity index (χ3n) is 3.09. The highest BCUT2D eigenvalue weighted by Crippen LogP contribution is 2.26. The van der Waals surface area contributed by atoms with Gasteiger partial charge in [-0.25, -0.2) is 0 Å². The van der Waals surface area contributed by atoms with Gasteiger partial charge in [0.15, 0.2) is 0 Å². The van der Waals surface area contributed by atoms with Crippen molar-refractivity contribution in [2.45, 2.75) is 19.3 Å². The van der Waals surface area contributed by atoms with Crippen molar-refractivity contribution in [3.8, 4) is 5.75 Å². The number of ether oxygens (including phenoxy) is 3. The van der Waals surface area contributed by atoms with Crippen molar-refractivity contribution >= 4 is 15.9 Å². The molecule has 1 rings (SSSR count). The second-order valence-corrected chi connectivity index (χ2v) is 5.66. The molecule has 1 N–H and O–H groups in total. The maximum Gasteiger partial charge on any atom is 0.133 e. The van der Waals surface area contributed by atoms with Gasteiger partial charge in [0.25, 0.3) is 0 Å². The predicted octanol–water partition coefficient (Wildman–Crippen LogP) is 3.03. The third kappa shape index (κ3) is 8.41. The van der Waals surface area contributed by atoms with Crippen LogP contribution in [0, 0.1) is 0 Å². The van der Waals surface area contributed by atoms with Crippen molar-refractivity contribution in [2.75, 3.05) is 47.1 Å². The van der Waals surface area contributed by atoms with Crippen LogP contribution in [0.2, 0.25) is 0 Å². The van der Waals surface area contributed by atoms with E-state index >= 15 is 0 Å². The van der Waals surface area contributed by atoms with E-state index in [1.165, 1.54) is 18.4 Å². The fourth-order valence-corrected chi connectivity index (χ4v) is 2.47. The molecule has 0 aliphatic heterocycles. The van der Waals surface area contributed by atoms with Gasteiger partial charge in [-0.3, -0.25) is 0 Å². The molecule has 0 saturated carbocycles. The molecule has 1 aromatic rings. The van der Waals surface area contributed by atoms with E-state index in [2.05, 4.69) is 33.4 Å². The summed E-state index contributed by atoms with van der Waals surface area (Å²) in [5, 5.41) is 3.36. The summed E-state index contributed by atoms with van der Waals surface area (Å²) in [6, 6.07) is 6.29. The molecule has 5 heteroatoms. The second kappa shape index (κ2) is 12.0. The molecule has 0 aliphatic carbocycles. The molecule has 0 fully saturated rings. The van der Waals surface area contributed by atoms with E-state index in [0.29, 0.717) is 13.2 Å². The summed E-state index contributed by atoms with van der Waals surface area (Å²) in [7, 11) is 3.40. The largest absolute Gasteiger partial charge is 0.490 e. The van der Waals surface area contributed by atoms with Gasteiger partial charge >= 0.3 is 0 Å². The summed E-state index contributed by atoms with van der Waals surface area (Å²) < 4.78 is 16.6. The van der Waals surface area contributed by atoms with Gasteiger partial charge in [0.05, 0.1) is 17.7 Å². The quantitative estimate of drug-likeness (QED) is 0.582. The molecule has 0 aromatic heterocycles. The minimum absolute atomic E-state index is 0.571. The normalized spacial score (nSPS) is 10.8. The lowest BCUT2D eigenvalue weighted by Gasteiger charge is -2.09. The lowest BCUT2D eigenvalue weighted by Crippen LogP contribution is -2.20. The molecule has 0 heterocycles. The van der Waals surface area contributed by atoms with Crippen molar-refractivity contribution in [3.05, 3.63) is 28.2 Å². The van der Waals surface area contributed by atoms with Crippen LogP contribution in [0.3, 0.4) is 0 Å². The van der Waals surface area contributed by atoms with E-state index in [9.17, 15) is 0 Å². The number of halogens is 1. The third-order valence-corrected chi connectivity index (χ3v) is 3.71. The summed E-state index contributed by atoms with van der Waals surface area (Å²) in [6.45, 7) is 3.92. The van der Waals surface area contributed by atoms with Gasteiger partial charge in [-0.1, -0.05) is 6.07 Å². The topological polar surface area (TPSA) is 39.7 Å². The summed E-state index contributed by atoms with van der Waals surface area (Å²) in [6.07, 6.45) is 3.44. The van der Waals surface area contributed by atoms with Crippen LogP contribution >= 0.6 is 15.9 Å². The summed E-state index contributed by atoms with van der Waals surface area (Å²) in [5.41, 5.74) is 1.33. The maximum absolute atomic E-state index is 5.62. The van der Waals surface area contributed by atoms with Crippen molar-refractivity contribution in [1.82, 2.24) is 5.32 Å². The van der Waals surface area contributed by atoms with Crippen LogP contribution in [-0.2, 0) is 15.9 Å². The van der Waals surface area contributed by atoms with Gasteiger partial charge in [0, 0.05) is 20.8 Å². The SMILES string of the molecule is COCCNCCCCc1ccc(OCCOC)c(Br)c1. The molecule has 0 aliphatic rings. The number of hydrogen-bond donors (Lipinski definition) is 1. The minimum atomic E-state index is 0.571. The Labute approximate surface area is 136 Å². The van der Waals surface area contributed by atoms with Crippen molar-refractivity contribution < 1.29 is 14.2 Å². The van der Waals surface area contributed by atoms with Crippen molar-refractivity contribution in [1.29, 1.82) is 0 Å².